The van der Waals surface area contributed by atoms with Crippen molar-refractivity contribution in [2.24, 2.45) is 5.16 Å². The van der Waals surface area contributed by atoms with E-state index in [0.717, 1.165) is 17.7 Å². The molecule has 1 atom stereocenters. The van der Waals surface area contributed by atoms with Crippen LogP contribution in [0.25, 0.3) is 0 Å². The highest BCUT2D eigenvalue weighted by Crippen LogP contribution is 2.31. The topological polar surface area (TPSA) is 60.4 Å². The molecule has 1 amide bonds. The second-order valence-corrected chi connectivity index (χ2v) is 6.30. The molecule has 0 fully saturated rings. The molecule has 0 aromatic heterocycles. The maximum absolute atomic E-state index is 12.5. The van der Waals surface area contributed by atoms with Crippen LogP contribution in [-0.4, -0.2) is 38.5 Å². The van der Waals surface area contributed by atoms with Crippen LogP contribution < -0.4 is 14.4 Å². The monoisotopic (exact) mass is 368 g/mol. The molecular formula is C21H24N2O4. The molecule has 0 aliphatic carbocycles. The van der Waals surface area contributed by atoms with Crippen LogP contribution in [-0.2, 0) is 16.1 Å². The summed E-state index contributed by atoms with van der Waals surface area (Å²) in [4.78, 5) is 19.6. The van der Waals surface area contributed by atoms with Gasteiger partial charge in [-0.25, -0.2) is 0 Å². The number of rotatable bonds is 7. The lowest BCUT2D eigenvalue weighted by molar-refractivity contribution is -0.123. The molecule has 0 bridgehead atoms. The molecule has 0 saturated heterocycles. The van der Waals surface area contributed by atoms with Crippen molar-refractivity contribution in [3.8, 4) is 11.5 Å². The first-order valence-corrected chi connectivity index (χ1v) is 9.00. The fraction of sp³-hybridized carbons (Fsp3) is 0.333. The van der Waals surface area contributed by atoms with E-state index in [1.807, 2.05) is 44.2 Å². The Bertz CT molecular complexity index is 835. The van der Waals surface area contributed by atoms with Crippen molar-refractivity contribution < 1.29 is 19.1 Å². The molecular weight excluding hydrogens is 344 g/mol. The second kappa shape index (κ2) is 8.58. The van der Waals surface area contributed by atoms with Gasteiger partial charge in [0.15, 0.2) is 18.1 Å². The van der Waals surface area contributed by atoms with Crippen molar-refractivity contribution in [3.63, 3.8) is 0 Å². The largest absolute Gasteiger partial charge is 0.493 e. The maximum Gasteiger partial charge on any atom is 0.268 e. The number of fused-ring (bicyclic) bond motifs is 1. The van der Waals surface area contributed by atoms with Gasteiger partial charge in [0.1, 0.15) is 0 Å². The molecule has 6 heteroatoms. The normalized spacial score (nSPS) is 15.7. The van der Waals surface area contributed by atoms with Crippen LogP contribution in [0.3, 0.4) is 0 Å². The molecule has 0 N–H and O–H groups in total. The minimum atomic E-state index is -0.108. The van der Waals surface area contributed by atoms with Crippen molar-refractivity contribution in [3.05, 3.63) is 53.6 Å². The summed E-state index contributed by atoms with van der Waals surface area (Å²) in [6, 6.07) is 13.5. The molecule has 3 rings (SSSR count). The van der Waals surface area contributed by atoms with Gasteiger partial charge in [-0.15, -0.1) is 0 Å². The molecule has 0 unspecified atom stereocenters. The van der Waals surface area contributed by atoms with Gasteiger partial charge >= 0.3 is 0 Å². The predicted molar refractivity (Wildman–Crippen MR) is 105 cm³/mol. The van der Waals surface area contributed by atoms with Gasteiger partial charge in [-0.2, -0.15) is 0 Å². The number of oxime groups is 1. The van der Waals surface area contributed by atoms with Crippen LogP contribution in [0.4, 0.5) is 5.69 Å². The predicted octanol–water partition coefficient (Wildman–Crippen LogP) is 3.42. The highest BCUT2D eigenvalue weighted by Gasteiger charge is 2.30. The molecule has 27 heavy (non-hydrogen) atoms. The second-order valence-electron chi connectivity index (χ2n) is 6.30. The quantitative estimate of drug-likeness (QED) is 0.555. The van der Waals surface area contributed by atoms with Crippen molar-refractivity contribution in [2.75, 3.05) is 25.2 Å². The zero-order valence-corrected chi connectivity index (χ0v) is 15.8. The Morgan fingerprint density at radius 1 is 1.26 bits per heavy atom. The summed E-state index contributed by atoms with van der Waals surface area (Å²) in [6.07, 6.45) is 2.41. The minimum absolute atomic E-state index is 0.103. The Hall–Kier alpha value is -3.02. The average molecular weight is 368 g/mol. The molecule has 142 valence electrons. The van der Waals surface area contributed by atoms with E-state index in [2.05, 4.69) is 11.2 Å². The molecule has 1 heterocycles. The van der Waals surface area contributed by atoms with Gasteiger partial charge in [0, 0.05) is 17.3 Å². The Labute approximate surface area is 159 Å². The van der Waals surface area contributed by atoms with Crippen LogP contribution in [0.1, 0.15) is 25.0 Å². The molecule has 0 spiro atoms. The maximum atomic E-state index is 12.5. The van der Waals surface area contributed by atoms with E-state index in [1.54, 1.807) is 24.3 Å². The third-order valence-corrected chi connectivity index (χ3v) is 4.43. The Balaban J connectivity index is 1.59. The van der Waals surface area contributed by atoms with Crippen LogP contribution in [0, 0.1) is 0 Å². The van der Waals surface area contributed by atoms with Crippen LogP contribution in [0.15, 0.2) is 47.6 Å². The number of methoxy groups -OCH3 is 1. The van der Waals surface area contributed by atoms with Gasteiger partial charge in [0.25, 0.3) is 5.91 Å². The summed E-state index contributed by atoms with van der Waals surface area (Å²) in [5, 5.41) is 3.92. The summed E-state index contributed by atoms with van der Waals surface area (Å²) in [5.41, 5.74) is 2.94. The first kappa shape index (κ1) is 18.8. The number of para-hydroxylation sites is 1. The van der Waals surface area contributed by atoms with Crippen molar-refractivity contribution in [2.45, 2.75) is 26.3 Å². The van der Waals surface area contributed by atoms with Gasteiger partial charge in [0.2, 0.25) is 0 Å². The van der Waals surface area contributed by atoms with E-state index in [9.17, 15) is 4.79 Å². The Morgan fingerprint density at radius 3 is 2.85 bits per heavy atom. The molecule has 2 aromatic carbocycles. The van der Waals surface area contributed by atoms with Gasteiger partial charge in [0.05, 0.1) is 19.9 Å². The fourth-order valence-corrected chi connectivity index (χ4v) is 3.24. The summed E-state index contributed by atoms with van der Waals surface area (Å²) in [7, 11) is 1.59. The zero-order chi connectivity index (χ0) is 19.2. The zero-order valence-electron chi connectivity index (χ0n) is 15.8. The smallest absolute Gasteiger partial charge is 0.268 e. The summed E-state index contributed by atoms with van der Waals surface area (Å²) >= 11 is 0. The van der Waals surface area contributed by atoms with E-state index < -0.39 is 0 Å². The Morgan fingerprint density at radius 2 is 2.07 bits per heavy atom. The third-order valence-electron chi connectivity index (χ3n) is 4.43. The molecule has 2 aromatic rings. The van der Waals surface area contributed by atoms with E-state index in [0.29, 0.717) is 18.1 Å². The van der Waals surface area contributed by atoms with Gasteiger partial charge in [-0.3, -0.25) is 4.79 Å². The van der Waals surface area contributed by atoms with E-state index >= 15 is 0 Å². The van der Waals surface area contributed by atoms with E-state index in [-0.39, 0.29) is 18.6 Å². The number of hydrogen-bond acceptors (Lipinski definition) is 5. The summed E-state index contributed by atoms with van der Waals surface area (Å²) < 4.78 is 10.8. The molecule has 1 aliphatic heterocycles. The number of amides is 1. The van der Waals surface area contributed by atoms with E-state index in [4.69, 9.17) is 14.3 Å². The van der Waals surface area contributed by atoms with Crippen LogP contribution >= 0.6 is 0 Å². The lowest BCUT2D eigenvalue weighted by Gasteiger charge is -2.21. The van der Waals surface area contributed by atoms with Crippen molar-refractivity contribution >= 4 is 17.8 Å². The van der Waals surface area contributed by atoms with Crippen LogP contribution in [0.5, 0.6) is 11.5 Å². The van der Waals surface area contributed by atoms with Gasteiger partial charge in [-0.1, -0.05) is 23.4 Å². The van der Waals surface area contributed by atoms with E-state index in [1.165, 1.54) is 5.56 Å². The molecule has 1 aliphatic rings. The number of hydrogen-bond donors (Lipinski definition) is 0. The number of ether oxygens (including phenoxy) is 2. The van der Waals surface area contributed by atoms with Gasteiger partial charge in [-0.05, 0) is 50.1 Å². The number of benzene rings is 2. The lowest BCUT2D eigenvalue weighted by Crippen LogP contribution is -2.37. The molecule has 0 radical (unpaired) electrons. The lowest BCUT2D eigenvalue weighted by atomic mass is 10.1. The SMILES string of the molecule is CCOc1ccc(/C=N\OCC(=O)N2c3ccccc3C[C@@H]2C)cc1OC. The summed E-state index contributed by atoms with van der Waals surface area (Å²) in [5.74, 6) is 1.20. The van der Waals surface area contributed by atoms with Crippen LogP contribution in [0.2, 0.25) is 0 Å². The molecule has 0 saturated carbocycles. The minimum Gasteiger partial charge on any atom is -0.493 e. The number of carbonyl (C=O) groups excluding carboxylic acids is 1. The Kier molecular flexibility index (Phi) is 5.96. The first-order chi connectivity index (χ1) is 13.1. The standard InChI is InChI=1S/C21H24N2O4/c1-4-26-19-10-9-16(12-20(19)25-3)13-22-27-14-21(24)23-15(2)11-17-7-5-6-8-18(17)23/h5-10,12-13,15H,4,11,14H2,1-3H3/b22-13-/t15-/m0/s1. The van der Waals surface area contributed by atoms with Gasteiger partial charge < -0.3 is 19.2 Å². The third kappa shape index (κ3) is 4.22. The highest BCUT2D eigenvalue weighted by molar-refractivity contribution is 5.97. The van der Waals surface area contributed by atoms with Crippen molar-refractivity contribution in [1.29, 1.82) is 0 Å². The fourth-order valence-electron chi connectivity index (χ4n) is 3.24. The first-order valence-electron chi connectivity index (χ1n) is 9.00. The average Bonchev–Trinajstić information content (AvgIpc) is 3.02. The number of nitrogens with zero attached hydrogens (tertiary/aromatic N) is 2. The molecule has 6 nitrogen and oxygen atoms in total. The number of anilines is 1. The summed E-state index contributed by atoms with van der Waals surface area (Å²) in [6.45, 7) is 4.41. The van der Waals surface area contributed by atoms with Crippen molar-refractivity contribution in [1.82, 2.24) is 0 Å². The number of carbonyl (C=O) groups is 1. The highest BCUT2D eigenvalue weighted by atomic mass is 16.6.